The van der Waals surface area contributed by atoms with Gasteiger partial charge < -0.3 is 15.0 Å². The van der Waals surface area contributed by atoms with E-state index in [-0.39, 0.29) is 5.56 Å². The van der Waals surface area contributed by atoms with Gasteiger partial charge in [0.25, 0.3) is 0 Å². The van der Waals surface area contributed by atoms with E-state index in [0.29, 0.717) is 12.2 Å². The van der Waals surface area contributed by atoms with Gasteiger partial charge in [-0.1, -0.05) is 30.4 Å². The zero-order chi connectivity index (χ0) is 16.2. The molecule has 0 amide bonds. The van der Waals surface area contributed by atoms with Crippen LogP contribution in [0.3, 0.4) is 0 Å². The second-order valence-corrected chi connectivity index (χ2v) is 5.86. The number of aromatic nitrogens is 4. The van der Waals surface area contributed by atoms with E-state index in [2.05, 4.69) is 20.5 Å². The van der Waals surface area contributed by atoms with Crippen molar-refractivity contribution in [1.29, 1.82) is 0 Å². The molecule has 0 bridgehead atoms. The molecule has 0 aliphatic carbocycles. The van der Waals surface area contributed by atoms with E-state index in [4.69, 9.17) is 0 Å². The fourth-order valence-corrected chi connectivity index (χ4v) is 2.78. The molecule has 2 heterocycles. The summed E-state index contributed by atoms with van der Waals surface area (Å²) in [7, 11) is 0. The number of hydrogen-bond donors (Lipinski definition) is 2. The monoisotopic (exact) mass is 329 g/mol. The molecular formula is C15H15N5O2S. The average molecular weight is 329 g/mol. The molecule has 0 unspecified atom stereocenters. The molecule has 0 radical (unpaired) electrons. The SMILES string of the molecule is CCc1nnc(NCc2cn(-c3ccccc3C(=O)O)cn2)s1. The summed E-state index contributed by atoms with van der Waals surface area (Å²) in [5, 5.41) is 22.2. The summed E-state index contributed by atoms with van der Waals surface area (Å²) in [5.74, 6) is -0.963. The maximum atomic E-state index is 11.3. The first-order chi connectivity index (χ1) is 11.2. The van der Waals surface area contributed by atoms with Gasteiger partial charge in [0.05, 0.1) is 29.8 Å². The van der Waals surface area contributed by atoms with Gasteiger partial charge in [-0.05, 0) is 18.6 Å². The minimum Gasteiger partial charge on any atom is -0.478 e. The molecule has 3 aromatic rings. The lowest BCUT2D eigenvalue weighted by atomic mass is 10.2. The number of imidazole rings is 1. The number of carboxylic acid groups (broad SMARTS) is 1. The Balaban J connectivity index is 1.74. The molecule has 0 saturated carbocycles. The molecule has 0 atom stereocenters. The average Bonchev–Trinajstić information content (AvgIpc) is 3.22. The smallest absolute Gasteiger partial charge is 0.337 e. The first-order valence-corrected chi connectivity index (χ1v) is 7.91. The van der Waals surface area contributed by atoms with Gasteiger partial charge in [0.15, 0.2) is 0 Å². The number of carboxylic acids is 1. The number of nitrogens with zero attached hydrogens (tertiary/aromatic N) is 4. The van der Waals surface area contributed by atoms with Crippen LogP contribution in [0.2, 0.25) is 0 Å². The highest BCUT2D eigenvalue weighted by atomic mass is 32.1. The van der Waals surface area contributed by atoms with Crippen LogP contribution in [0.25, 0.3) is 5.69 Å². The third kappa shape index (κ3) is 3.37. The molecule has 2 N–H and O–H groups in total. The molecule has 8 heteroatoms. The van der Waals surface area contributed by atoms with Crippen molar-refractivity contribution in [3.63, 3.8) is 0 Å². The lowest BCUT2D eigenvalue weighted by Gasteiger charge is -2.05. The van der Waals surface area contributed by atoms with Crippen molar-refractivity contribution in [2.45, 2.75) is 19.9 Å². The predicted molar refractivity (Wildman–Crippen MR) is 87.1 cm³/mol. The van der Waals surface area contributed by atoms with Crippen LogP contribution < -0.4 is 5.32 Å². The molecule has 2 aromatic heterocycles. The van der Waals surface area contributed by atoms with Gasteiger partial charge in [-0.15, -0.1) is 10.2 Å². The number of aromatic carboxylic acids is 1. The zero-order valence-electron chi connectivity index (χ0n) is 12.4. The number of para-hydroxylation sites is 1. The van der Waals surface area contributed by atoms with Gasteiger partial charge in [0.2, 0.25) is 5.13 Å². The summed E-state index contributed by atoms with van der Waals surface area (Å²) in [5.41, 5.74) is 1.61. The summed E-state index contributed by atoms with van der Waals surface area (Å²) in [6, 6.07) is 6.82. The topological polar surface area (TPSA) is 92.9 Å². The number of aryl methyl sites for hydroxylation is 1. The first kappa shape index (κ1) is 15.2. The number of carbonyl (C=O) groups is 1. The minimum atomic E-state index is -0.963. The Morgan fingerprint density at radius 3 is 2.91 bits per heavy atom. The Hall–Kier alpha value is -2.74. The fourth-order valence-electron chi connectivity index (χ4n) is 2.10. The number of benzene rings is 1. The van der Waals surface area contributed by atoms with Crippen molar-refractivity contribution in [3.8, 4) is 5.69 Å². The van der Waals surface area contributed by atoms with Crippen LogP contribution in [0.1, 0.15) is 28.0 Å². The third-order valence-electron chi connectivity index (χ3n) is 3.24. The van der Waals surface area contributed by atoms with Crippen LogP contribution in [0.4, 0.5) is 5.13 Å². The van der Waals surface area contributed by atoms with E-state index >= 15 is 0 Å². The van der Waals surface area contributed by atoms with E-state index in [1.165, 1.54) is 11.3 Å². The third-order valence-corrected chi connectivity index (χ3v) is 4.26. The normalized spacial score (nSPS) is 10.7. The molecule has 118 valence electrons. The van der Waals surface area contributed by atoms with E-state index < -0.39 is 5.97 Å². The highest BCUT2D eigenvalue weighted by Gasteiger charge is 2.11. The lowest BCUT2D eigenvalue weighted by molar-refractivity contribution is 0.0697. The summed E-state index contributed by atoms with van der Waals surface area (Å²) in [6.07, 6.45) is 4.27. The van der Waals surface area contributed by atoms with E-state index in [9.17, 15) is 9.90 Å². The summed E-state index contributed by atoms with van der Waals surface area (Å²) >= 11 is 1.52. The van der Waals surface area contributed by atoms with Crippen molar-refractivity contribution < 1.29 is 9.90 Å². The summed E-state index contributed by atoms with van der Waals surface area (Å²) < 4.78 is 1.71. The van der Waals surface area contributed by atoms with Crippen molar-refractivity contribution in [3.05, 3.63) is 53.1 Å². The fraction of sp³-hybridized carbons (Fsp3) is 0.200. The second kappa shape index (κ2) is 6.57. The van der Waals surface area contributed by atoms with Crippen LogP contribution in [-0.4, -0.2) is 30.8 Å². The first-order valence-electron chi connectivity index (χ1n) is 7.09. The molecule has 7 nitrogen and oxygen atoms in total. The van der Waals surface area contributed by atoms with Gasteiger partial charge in [-0.25, -0.2) is 9.78 Å². The molecule has 0 fully saturated rings. The van der Waals surface area contributed by atoms with Crippen molar-refractivity contribution in [2.75, 3.05) is 5.32 Å². The summed E-state index contributed by atoms with van der Waals surface area (Å²) in [4.78, 5) is 15.6. The van der Waals surface area contributed by atoms with Gasteiger partial charge in [0.1, 0.15) is 5.01 Å². The Bertz CT molecular complexity index is 827. The largest absolute Gasteiger partial charge is 0.478 e. The Morgan fingerprint density at radius 1 is 1.35 bits per heavy atom. The molecule has 3 rings (SSSR count). The maximum absolute atomic E-state index is 11.3. The van der Waals surface area contributed by atoms with Gasteiger partial charge in [-0.2, -0.15) is 0 Å². The highest BCUT2D eigenvalue weighted by molar-refractivity contribution is 7.15. The molecule has 0 aliphatic rings. The molecular weight excluding hydrogens is 314 g/mol. The predicted octanol–water partition coefficient (Wildman–Crippen LogP) is 2.60. The Kier molecular flexibility index (Phi) is 4.33. The quantitative estimate of drug-likeness (QED) is 0.722. The van der Waals surface area contributed by atoms with Gasteiger partial charge >= 0.3 is 5.97 Å². The molecule has 23 heavy (non-hydrogen) atoms. The van der Waals surface area contributed by atoms with Crippen LogP contribution >= 0.6 is 11.3 Å². The number of hydrogen-bond acceptors (Lipinski definition) is 6. The second-order valence-electron chi connectivity index (χ2n) is 4.80. The van der Waals surface area contributed by atoms with Gasteiger partial charge in [0, 0.05) is 6.20 Å². The van der Waals surface area contributed by atoms with Crippen molar-refractivity contribution in [1.82, 2.24) is 19.7 Å². The summed E-state index contributed by atoms with van der Waals surface area (Å²) in [6.45, 7) is 2.53. The standard InChI is InChI=1S/C15H15N5O2S/c1-2-13-18-19-15(23-13)16-7-10-8-20(9-17-10)12-6-4-3-5-11(12)14(21)22/h3-6,8-9H,2,7H2,1H3,(H,16,19)(H,21,22). The van der Waals surface area contributed by atoms with E-state index in [1.54, 1.807) is 41.4 Å². The Morgan fingerprint density at radius 2 is 2.17 bits per heavy atom. The van der Waals surface area contributed by atoms with Gasteiger partial charge in [-0.3, -0.25) is 0 Å². The highest BCUT2D eigenvalue weighted by Crippen LogP contribution is 2.18. The Labute approximate surface area is 136 Å². The maximum Gasteiger partial charge on any atom is 0.337 e. The molecule has 0 spiro atoms. The molecule has 1 aromatic carbocycles. The lowest BCUT2D eigenvalue weighted by Crippen LogP contribution is -2.04. The number of anilines is 1. The van der Waals surface area contributed by atoms with Crippen LogP contribution in [0.15, 0.2) is 36.8 Å². The zero-order valence-corrected chi connectivity index (χ0v) is 13.2. The van der Waals surface area contributed by atoms with Crippen molar-refractivity contribution >= 4 is 22.4 Å². The molecule has 0 aliphatic heterocycles. The molecule has 0 saturated heterocycles. The van der Waals surface area contributed by atoms with E-state index in [0.717, 1.165) is 22.3 Å². The minimum absolute atomic E-state index is 0.237. The van der Waals surface area contributed by atoms with E-state index in [1.807, 2.05) is 6.92 Å². The number of rotatable bonds is 6. The number of nitrogens with one attached hydrogen (secondary N) is 1. The van der Waals surface area contributed by atoms with Crippen LogP contribution in [0, 0.1) is 0 Å². The van der Waals surface area contributed by atoms with Crippen LogP contribution in [0.5, 0.6) is 0 Å². The van der Waals surface area contributed by atoms with Crippen molar-refractivity contribution in [2.24, 2.45) is 0 Å². The van der Waals surface area contributed by atoms with Crippen LogP contribution in [-0.2, 0) is 13.0 Å².